The largest absolute Gasteiger partial charge is 0.369 e. The van der Waals surface area contributed by atoms with Crippen LogP contribution in [0.15, 0.2) is 14.1 Å². The smallest absolute Gasteiger partial charge is 0.252 e. The van der Waals surface area contributed by atoms with E-state index in [2.05, 4.69) is 15.9 Å². The van der Waals surface area contributed by atoms with Gasteiger partial charge in [0.05, 0.1) is 8.81 Å². The molecule has 1 aromatic rings. The molecule has 1 aliphatic rings. The third-order valence-electron chi connectivity index (χ3n) is 3.07. The number of sulfonamides is 1. The highest BCUT2D eigenvalue weighted by atomic mass is 79.9. The summed E-state index contributed by atoms with van der Waals surface area (Å²) in [6.07, 6.45) is 0.934. The van der Waals surface area contributed by atoms with E-state index in [1.807, 2.05) is 0 Å². The minimum Gasteiger partial charge on any atom is -0.369 e. The lowest BCUT2D eigenvalue weighted by molar-refractivity contribution is -0.122. The normalized spacial score (nSPS) is 18.6. The van der Waals surface area contributed by atoms with Crippen LogP contribution >= 0.6 is 38.9 Å². The molecule has 1 amide bonds. The molecule has 0 aliphatic carbocycles. The maximum atomic E-state index is 12.4. The SMILES string of the molecule is NC(=O)C1CCN(S(=O)(=O)c2cc(Cl)c(Br)s2)CC1. The van der Waals surface area contributed by atoms with E-state index in [1.165, 1.54) is 10.4 Å². The molecule has 1 aromatic heterocycles. The fraction of sp³-hybridized carbons (Fsp3) is 0.500. The zero-order valence-electron chi connectivity index (χ0n) is 9.80. The second kappa shape index (κ2) is 5.69. The predicted octanol–water partition coefficient (Wildman–Crippen LogP) is 2.05. The van der Waals surface area contributed by atoms with Gasteiger partial charge < -0.3 is 5.73 Å². The number of halogens is 2. The lowest BCUT2D eigenvalue weighted by atomic mass is 9.98. The van der Waals surface area contributed by atoms with Gasteiger partial charge >= 0.3 is 0 Å². The number of rotatable bonds is 3. The van der Waals surface area contributed by atoms with Crippen molar-refractivity contribution in [2.75, 3.05) is 13.1 Å². The molecule has 0 aromatic carbocycles. The minimum atomic E-state index is -3.53. The molecule has 5 nitrogen and oxygen atoms in total. The van der Waals surface area contributed by atoms with Crippen LogP contribution in [0.5, 0.6) is 0 Å². The van der Waals surface area contributed by atoms with Crippen LogP contribution in [0.25, 0.3) is 0 Å². The number of primary amides is 1. The minimum absolute atomic E-state index is 0.210. The molecule has 9 heteroatoms. The van der Waals surface area contributed by atoms with Crippen LogP contribution in [0.2, 0.25) is 5.02 Å². The van der Waals surface area contributed by atoms with E-state index in [1.54, 1.807) is 0 Å². The molecule has 1 aliphatic heterocycles. The second-order valence-electron chi connectivity index (χ2n) is 4.27. The van der Waals surface area contributed by atoms with Crippen LogP contribution in [0, 0.1) is 5.92 Å². The van der Waals surface area contributed by atoms with E-state index in [-0.39, 0.29) is 16.0 Å². The maximum absolute atomic E-state index is 12.4. The molecule has 1 fully saturated rings. The first-order chi connectivity index (χ1) is 8.82. The molecule has 0 unspecified atom stereocenters. The Labute approximate surface area is 128 Å². The highest BCUT2D eigenvalue weighted by Crippen LogP contribution is 2.36. The Bertz CT molecular complexity index is 574. The van der Waals surface area contributed by atoms with Crippen molar-refractivity contribution >= 4 is 54.8 Å². The number of amides is 1. The van der Waals surface area contributed by atoms with Gasteiger partial charge in [0.1, 0.15) is 4.21 Å². The molecular weight excluding hydrogens is 376 g/mol. The molecule has 0 bridgehead atoms. The first kappa shape index (κ1) is 15.2. The Hall–Kier alpha value is -0.150. The van der Waals surface area contributed by atoms with Crippen LogP contribution in [-0.4, -0.2) is 31.7 Å². The van der Waals surface area contributed by atoms with Gasteiger partial charge in [0, 0.05) is 19.0 Å². The second-order valence-corrected chi connectivity index (χ2v) is 9.21. The first-order valence-electron chi connectivity index (χ1n) is 5.56. The van der Waals surface area contributed by atoms with E-state index in [4.69, 9.17) is 17.3 Å². The van der Waals surface area contributed by atoms with Crippen molar-refractivity contribution in [2.45, 2.75) is 17.1 Å². The Balaban J connectivity index is 2.16. The number of hydrogen-bond acceptors (Lipinski definition) is 4. The fourth-order valence-corrected chi connectivity index (χ4v) is 5.99. The summed E-state index contributed by atoms with van der Waals surface area (Å²) in [6, 6.07) is 1.44. The number of hydrogen-bond donors (Lipinski definition) is 1. The van der Waals surface area contributed by atoms with E-state index in [0.29, 0.717) is 34.7 Å². The highest BCUT2D eigenvalue weighted by Gasteiger charge is 2.32. The van der Waals surface area contributed by atoms with Crippen LogP contribution in [0.4, 0.5) is 0 Å². The molecule has 106 valence electrons. The van der Waals surface area contributed by atoms with Crippen LogP contribution in [0.1, 0.15) is 12.8 Å². The predicted molar refractivity (Wildman–Crippen MR) is 77.7 cm³/mol. The molecular formula is C10H12BrClN2O3S2. The maximum Gasteiger partial charge on any atom is 0.252 e. The van der Waals surface area contributed by atoms with Crippen molar-refractivity contribution in [3.63, 3.8) is 0 Å². The van der Waals surface area contributed by atoms with Gasteiger partial charge in [0.2, 0.25) is 5.91 Å². The molecule has 0 atom stereocenters. The number of nitrogens with zero attached hydrogens (tertiary/aromatic N) is 1. The van der Waals surface area contributed by atoms with Gasteiger partial charge in [-0.1, -0.05) is 11.6 Å². The number of carbonyl (C=O) groups is 1. The molecule has 19 heavy (non-hydrogen) atoms. The van der Waals surface area contributed by atoms with Gasteiger partial charge in [0.25, 0.3) is 10.0 Å². The van der Waals surface area contributed by atoms with Crippen molar-refractivity contribution in [1.29, 1.82) is 0 Å². The molecule has 2 N–H and O–H groups in total. The van der Waals surface area contributed by atoms with E-state index in [9.17, 15) is 13.2 Å². The number of nitrogens with two attached hydrogens (primary N) is 1. The molecule has 1 saturated heterocycles. The lowest BCUT2D eigenvalue weighted by Gasteiger charge is -2.29. The summed E-state index contributed by atoms with van der Waals surface area (Å²) in [5, 5.41) is 0.385. The quantitative estimate of drug-likeness (QED) is 0.862. The Morgan fingerprint density at radius 1 is 1.47 bits per heavy atom. The summed E-state index contributed by atoms with van der Waals surface area (Å²) in [4.78, 5) is 11.1. The zero-order valence-corrected chi connectivity index (χ0v) is 13.8. The van der Waals surface area contributed by atoms with Crippen LogP contribution in [-0.2, 0) is 14.8 Å². The third-order valence-corrected chi connectivity index (χ3v) is 7.90. The van der Waals surface area contributed by atoms with Gasteiger partial charge in [-0.15, -0.1) is 11.3 Å². The van der Waals surface area contributed by atoms with Gasteiger partial charge in [-0.3, -0.25) is 4.79 Å². The monoisotopic (exact) mass is 386 g/mol. The molecule has 2 rings (SSSR count). The van der Waals surface area contributed by atoms with Crippen molar-refractivity contribution in [1.82, 2.24) is 4.31 Å². The van der Waals surface area contributed by atoms with E-state index < -0.39 is 10.0 Å². The molecule has 0 spiro atoms. The van der Waals surface area contributed by atoms with Crippen molar-refractivity contribution < 1.29 is 13.2 Å². The Kier molecular flexibility index (Phi) is 4.56. The Morgan fingerprint density at radius 2 is 2.05 bits per heavy atom. The van der Waals surface area contributed by atoms with Crippen molar-refractivity contribution in [3.8, 4) is 0 Å². The summed E-state index contributed by atoms with van der Waals surface area (Å²) in [5.41, 5.74) is 5.23. The number of piperidine rings is 1. The van der Waals surface area contributed by atoms with Crippen molar-refractivity contribution in [3.05, 3.63) is 14.9 Å². The van der Waals surface area contributed by atoms with Crippen LogP contribution in [0.3, 0.4) is 0 Å². The van der Waals surface area contributed by atoms with Crippen molar-refractivity contribution in [2.24, 2.45) is 11.7 Å². The average molecular weight is 388 g/mol. The zero-order chi connectivity index (χ0) is 14.2. The highest BCUT2D eigenvalue weighted by molar-refractivity contribution is 9.11. The van der Waals surface area contributed by atoms with E-state index >= 15 is 0 Å². The topological polar surface area (TPSA) is 80.5 Å². The third kappa shape index (κ3) is 3.13. The number of thiophene rings is 1. The molecule has 0 radical (unpaired) electrons. The molecule has 2 heterocycles. The summed E-state index contributed by atoms with van der Waals surface area (Å²) in [7, 11) is -3.53. The van der Waals surface area contributed by atoms with Gasteiger partial charge in [-0.05, 0) is 34.8 Å². The summed E-state index contributed by atoms with van der Waals surface area (Å²) in [6.45, 7) is 0.617. The summed E-state index contributed by atoms with van der Waals surface area (Å²) in [5.74, 6) is -0.593. The summed E-state index contributed by atoms with van der Waals surface area (Å²) >= 11 is 10.1. The van der Waals surface area contributed by atoms with Gasteiger partial charge in [-0.2, -0.15) is 4.31 Å². The molecule has 0 saturated carbocycles. The first-order valence-corrected chi connectivity index (χ1v) is 8.99. The summed E-state index contributed by atoms with van der Waals surface area (Å²) < 4.78 is 26.9. The van der Waals surface area contributed by atoms with E-state index in [0.717, 1.165) is 11.3 Å². The average Bonchev–Trinajstić information content (AvgIpc) is 2.70. The lowest BCUT2D eigenvalue weighted by Crippen LogP contribution is -2.41. The Morgan fingerprint density at radius 3 is 2.47 bits per heavy atom. The number of carbonyl (C=O) groups excluding carboxylic acids is 1. The van der Waals surface area contributed by atoms with Crippen LogP contribution < -0.4 is 5.73 Å². The fourth-order valence-electron chi connectivity index (χ4n) is 1.96. The van der Waals surface area contributed by atoms with Gasteiger partial charge in [0.15, 0.2) is 0 Å². The standard InChI is InChI=1S/C10H12BrClN2O3S2/c11-9-7(12)5-8(18-9)19(16,17)14-3-1-6(2-4-14)10(13)15/h5-6H,1-4H2,(H2,13,15). The van der Waals surface area contributed by atoms with Gasteiger partial charge in [-0.25, -0.2) is 8.42 Å².